The van der Waals surface area contributed by atoms with Crippen LogP contribution in [-0.2, 0) is 22.7 Å². The van der Waals surface area contributed by atoms with Crippen LogP contribution in [0.15, 0.2) is 108 Å². The summed E-state index contributed by atoms with van der Waals surface area (Å²) in [6.07, 6.45) is 4.74. The fraction of sp³-hybridized carbons (Fsp3) is 0.333. The van der Waals surface area contributed by atoms with Crippen molar-refractivity contribution in [2.45, 2.75) is 72.4 Å². The highest BCUT2D eigenvalue weighted by molar-refractivity contribution is 6.30. The Balaban J connectivity index is 1.47. The van der Waals surface area contributed by atoms with Crippen LogP contribution in [0.4, 0.5) is 0 Å². The van der Waals surface area contributed by atoms with Gasteiger partial charge in [-0.2, -0.15) is 0 Å². The van der Waals surface area contributed by atoms with E-state index in [1.165, 1.54) is 5.56 Å². The van der Waals surface area contributed by atoms with Crippen LogP contribution in [0.3, 0.4) is 0 Å². The second-order valence-electron chi connectivity index (χ2n) is 14.5. The highest BCUT2D eigenvalue weighted by Crippen LogP contribution is 2.55. The lowest BCUT2D eigenvalue weighted by atomic mass is 9.63. The SMILES string of the molecule is CC1(C)CC(=O)C2=C(C1)N(Cc1ccccc1)C1=C(C(=O)CC(C)(C)C1)C2c1cn(Cc2cccc(Cl)c2)c2ccccc12. The predicted molar refractivity (Wildman–Crippen MR) is 177 cm³/mol. The van der Waals surface area contributed by atoms with Crippen LogP contribution >= 0.6 is 11.6 Å². The van der Waals surface area contributed by atoms with Crippen LogP contribution in [-0.4, -0.2) is 21.0 Å². The molecule has 0 saturated heterocycles. The number of benzene rings is 3. The third-order valence-corrected chi connectivity index (χ3v) is 9.81. The molecule has 7 rings (SSSR count). The quantitative estimate of drug-likeness (QED) is 0.229. The van der Waals surface area contributed by atoms with Gasteiger partial charge in [0.1, 0.15) is 0 Å². The molecule has 0 atom stereocenters. The molecule has 0 unspecified atom stereocenters. The summed E-state index contributed by atoms with van der Waals surface area (Å²) in [7, 11) is 0. The Bertz CT molecular complexity index is 1820. The smallest absolute Gasteiger partial charge is 0.162 e. The standard InChI is InChI=1S/C39H39ClN2O2/c1-38(2)18-31-36(33(43)20-38)35(29-24-41(30-16-9-8-15-28(29)30)22-26-13-10-14-27(40)17-26)37-32(19-39(3,4)21-34(37)44)42(31)23-25-11-6-5-7-12-25/h5-17,24,35H,18-23H2,1-4H3. The molecule has 2 aliphatic carbocycles. The molecular formula is C39H39ClN2O2. The third kappa shape index (κ3) is 5.13. The van der Waals surface area contributed by atoms with Crippen molar-refractivity contribution in [2.24, 2.45) is 10.8 Å². The molecule has 4 nitrogen and oxygen atoms in total. The molecule has 0 radical (unpaired) electrons. The maximum absolute atomic E-state index is 14.4. The number of ketones is 2. The largest absolute Gasteiger partial charge is 0.343 e. The summed E-state index contributed by atoms with van der Waals surface area (Å²) in [5.74, 6) is -0.0601. The van der Waals surface area contributed by atoms with Crippen molar-refractivity contribution in [3.63, 3.8) is 0 Å². The number of nitrogens with zero attached hydrogens (tertiary/aromatic N) is 2. The molecule has 0 bridgehead atoms. The van der Waals surface area contributed by atoms with Crippen LogP contribution in [0.2, 0.25) is 5.02 Å². The summed E-state index contributed by atoms with van der Waals surface area (Å²) >= 11 is 6.36. The highest BCUT2D eigenvalue weighted by atomic mass is 35.5. The van der Waals surface area contributed by atoms with Crippen LogP contribution in [0, 0.1) is 10.8 Å². The van der Waals surface area contributed by atoms with E-state index < -0.39 is 0 Å². The first-order valence-corrected chi connectivity index (χ1v) is 16.0. The molecule has 0 saturated carbocycles. The Morgan fingerprint density at radius 2 is 1.30 bits per heavy atom. The van der Waals surface area contributed by atoms with E-state index in [0.29, 0.717) is 31.0 Å². The van der Waals surface area contributed by atoms with Gasteiger partial charge in [-0.25, -0.2) is 0 Å². The fourth-order valence-corrected chi connectivity index (χ4v) is 8.00. The maximum Gasteiger partial charge on any atom is 0.162 e. The van der Waals surface area contributed by atoms with Gasteiger partial charge in [0.25, 0.3) is 0 Å². The van der Waals surface area contributed by atoms with Gasteiger partial charge in [0, 0.05) is 76.5 Å². The summed E-state index contributed by atoms with van der Waals surface area (Å²) < 4.78 is 2.25. The van der Waals surface area contributed by atoms with E-state index in [1.54, 1.807) is 0 Å². The zero-order chi connectivity index (χ0) is 30.8. The molecule has 0 spiro atoms. The minimum Gasteiger partial charge on any atom is -0.343 e. The zero-order valence-corrected chi connectivity index (χ0v) is 26.7. The van der Waals surface area contributed by atoms with Crippen molar-refractivity contribution in [2.75, 3.05) is 0 Å². The second-order valence-corrected chi connectivity index (χ2v) is 14.9. The number of hydrogen-bond acceptors (Lipinski definition) is 3. The molecule has 224 valence electrons. The summed E-state index contributed by atoms with van der Waals surface area (Å²) in [6.45, 7) is 10.1. The summed E-state index contributed by atoms with van der Waals surface area (Å²) in [6, 6.07) is 26.8. The Hall–Kier alpha value is -3.89. The van der Waals surface area contributed by atoms with Gasteiger partial charge in [-0.15, -0.1) is 0 Å². The number of rotatable bonds is 5. The monoisotopic (exact) mass is 602 g/mol. The lowest BCUT2D eigenvalue weighted by Gasteiger charge is -2.49. The number of halogens is 1. The van der Waals surface area contributed by atoms with Gasteiger partial charge in [0.05, 0.1) is 0 Å². The predicted octanol–water partition coefficient (Wildman–Crippen LogP) is 9.23. The lowest BCUT2D eigenvalue weighted by Crippen LogP contribution is -2.44. The normalized spacial score (nSPS) is 19.9. The number of Topliss-reactive ketones (excluding diaryl/α,β-unsaturated/α-hetero) is 2. The minimum absolute atomic E-state index is 0.162. The maximum atomic E-state index is 14.4. The van der Waals surface area contributed by atoms with Crippen LogP contribution in [0.5, 0.6) is 0 Å². The summed E-state index contributed by atoms with van der Waals surface area (Å²) in [5, 5.41) is 1.80. The molecule has 44 heavy (non-hydrogen) atoms. The van der Waals surface area contributed by atoms with E-state index in [9.17, 15) is 9.59 Å². The Morgan fingerprint density at radius 3 is 1.93 bits per heavy atom. The lowest BCUT2D eigenvalue weighted by molar-refractivity contribution is -0.119. The Kier molecular flexibility index (Phi) is 6.97. The van der Waals surface area contributed by atoms with E-state index >= 15 is 0 Å². The first kappa shape index (κ1) is 28.9. The van der Waals surface area contributed by atoms with E-state index in [1.807, 2.05) is 24.3 Å². The molecule has 0 N–H and O–H groups in total. The molecule has 4 aromatic rings. The summed E-state index contributed by atoms with van der Waals surface area (Å²) in [5.41, 5.74) is 7.91. The fourth-order valence-electron chi connectivity index (χ4n) is 7.78. The second kappa shape index (κ2) is 10.6. The van der Waals surface area contributed by atoms with Crippen molar-refractivity contribution >= 4 is 34.1 Å². The molecule has 1 aliphatic heterocycles. The molecular weight excluding hydrogens is 564 g/mol. The average molecular weight is 603 g/mol. The van der Waals surface area contributed by atoms with Gasteiger partial charge in [-0.1, -0.05) is 100.0 Å². The first-order chi connectivity index (χ1) is 21.0. The van der Waals surface area contributed by atoms with E-state index in [0.717, 1.165) is 57.4 Å². The molecule has 0 amide bonds. The van der Waals surface area contributed by atoms with Crippen LogP contribution in [0.1, 0.15) is 76.0 Å². The van der Waals surface area contributed by atoms with E-state index in [2.05, 4.69) is 98.0 Å². The van der Waals surface area contributed by atoms with Gasteiger partial charge in [-0.3, -0.25) is 9.59 Å². The average Bonchev–Trinajstić information content (AvgIpc) is 3.31. The van der Waals surface area contributed by atoms with Gasteiger partial charge in [0.15, 0.2) is 11.6 Å². The molecule has 0 fully saturated rings. The number of carbonyl (C=O) groups excluding carboxylic acids is 2. The van der Waals surface area contributed by atoms with Crippen LogP contribution in [0.25, 0.3) is 10.9 Å². The first-order valence-electron chi connectivity index (χ1n) is 15.7. The number of para-hydroxylation sites is 1. The molecule has 5 heteroatoms. The topological polar surface area (TPSA) is 42.3 Å². The van der Waals surface area contributed by atoms with Crippen molar-refractivity contribution in [1.29, 1.82) is 0 Å². The number of carbonyl (C=O) groups is 2. The van der Waals surface area contributed by atoms with Crippen LogP contribution < -0.4 is 0 Å². The van der Waals surface area contributed by atoms with Crippen molar-refractivity contribution < 1.29 is 9.59 Å². The van der Waals surface area contributed by atoms with Crippen molar-refractivity contribution in [3.8, 4) is 0 Å². The number of allylic oxidation sites excluding steroid dienone is 4. The summed E-state index contributed by atoms with van der Waals surface area (Å²) in [4.78, 5) is 31.1. The van der Waals surface area contributed by atoms with Gasteiger partial charge < -0.3 is 9.47 Å². The Labute approximate surface area is 265 Å². The molecule has 3 aromatic carbocycles. The zero-order valence-electron chi connectivity index (χ0n) is 26.0. The molecule has 2 heterocycles. The molecule has 3 aliphatic rings. The van der Waals surface area contributed by atoms with Crippen molar-refractivity contribution in [1.82, 2.24) is 9.47 Å². The van der Waals surface area contributed by atoms with Crippen molar-refractivity contribution in [3.05, 3.63) is 129 Å². The number of fused-ring (bicyclic) bond motifs is 1. The number of aromatic nitrogens is 1. The Morgan fingerprint density at radius 1 is 0.705 bits per heavy atom. The van der Waals surface area contributed by atoms with Gasteiger partial charge >= 0.3 is 0 Å². The van der Waals surface area contributed by atoms with E-state index in [-0.39, 0.29) is 28.3 Å². The molecule has 1 aromatic heterocycles. The van der Waals surface area contributed by atoms with Gasteiger partial charge in [-0.05, 0) is 58.6 Å². The highest BCUT2D eigenvalue weighted by Gasteiger charge is 2.49. The van der Waals surface area contributed by atoms with Gasteiger partial charge in [0.2, 0.25) is 0 Å². The van der Waals surface area contributed by atoms with E-state index in [4.69, 9.17) is 11.6 Å². The number of hydrogen-bond donors (Lipinski definition) is 0. The minimum atomic E-state index is -0.385. The third-order valence-electron chi connectivity index (χ3n) is 9.58.